The third kappa shape index (κ3) is 9.00. The predicted octanol–water partition coefficient (Wildman–Crippen LogP) is 4.98. The largest absolute Gasteiger partial charge is 0.347 e. The Morgan fingerprint density at radius 3 is 2.41 bits per heavy atom. The smallest absolute Gasteiger partial charge is 0.323 e. The van der Waals surface area contributed by atoms with Crippen molar-refractivity contribution in [2.45, 2.75) is 52.5 Å². The van der Waals surface area contributed by atoms with E-state index in [4.69, 9.17) is 5.21 Å². The number of urea groups is 1. The van der Waals surface area contributed by atoms with Crippen molar-refractivity contribution in [3.05, 3.63) is 75.7 Å². The van der Waals surface area contributed by atoms with Gasteiger partial charge in [-0.15, -0.1) is 11.3 Å². The zero-order chi connectivity index (χ0) is 26.8. The first-order valence-electron chi connectivity index (χ1n) is 12.1. The van der Waals surface area contributed by atoms with Crippen LogP contribution >= 0.6 is 11.3 Å². The molecule has 5 N–H and O–H groups in total. The van der Waals surface area contributed by atoms with Crippen LogP contribution in [0.25, 0.3) is 0 Å². The minimum Gasteiger partial charge on any atom is -0.347 e. The number of rotatable bonds is 11. The van der Waals surface area contributed by atoms with E-state index in [9.17, 15) is 14.4 Å². The molecule has 0 saturated heterocycles. The average molecular weight is 524 g/mol. The number of aromatic nitrogens is 1. The van der Waals surface area contributed by atoms with Crippen LogP contribution in [0.4, 0.5) is 16.2 Å². The number of carbonyl (C=O) groups is 3. The lowest BCUT2D eigenvalue weighted by atomic mass is 10.0. The highest BCUT2D eigenvalue weighted by atomic mass is 32.1. The molecule has 0 fully saturated rings. The van der Waals surface area contributed by atoms with Crippen molar-refractivity contribution < 1.29 is 19.6 Å². The number of aryl methyl sites for hydroxylation is 2. The van der Waals surface area contributed by atoms with E-state index in [0.29, 0.717) is 18.0 Å². The number of amides is 4. The normalized spacial score (nSPS) is 11.6. The second kappa shape index (κ2) is 13.5. The summed E-state index contributed by atoms with van der Waals surface area (Å²) in [7, 11) is 0. The maximum absolute atomic E-state index is 12.8. The van der Waals surface area contributed by atoms with Gasteiger partial charge < -0.3 is 16.0 Å². The Bertz CT molecular complexity index is 1210. The molecule has 0 radical (unpaired) electrons. The first kappa shape index (κ1) is 27.8. The van der Waals surface area contributed by atoms with E-state index in [1.54, 1.807) is 23.8 Å². The topological polar surface area (TPSA) is 132 Å². The lowest BCUT2D eigenvalue weighted by molar-refractivity contribution is -0.129. The Kier molecular flexibility index (Phi) is 10.2. The molecule has 0 spiro atoms. The van der Waals surface area contributed by atoms with Crippen molar-refractivity contribution in [2.24, 2.45) is 5.92 Å². The van der Waals surface area contributed by atoms with Gasteiger partial charge in [0.05, 0.1) is 12.5 Å². The SMILES string of the molecule is Cc1ccccc1NC(=O)Nc1ccc(CC(=O)NC(CC(C)C)c2ncc(CCC(=O)NO)s2)cc1. The highest BCUT2D eigenvalue weighted by Gasteiger charge is 2.20. The molecule has 37 heavy (non-hydrogen) atoms. The maximum atomic E-state index is 12.8. The third-order valence-corrected chi connectivity index (χ3v) is 6.78. The molecule has 3 rings (SSSR count). The van der Waals surface area contributed by atoms with Crippen molar-refractivity contribution in [1.82, 2.24) is 15.8 Å². The molecule has 2 aromatic carbocycles. The van der Waals surface area contributed by atoms with Crippen molar-refractivity contribution >= 4 is 40.6 Å². The number of hydrogen-bond acceptors (Lipinski definition) is 6. The van der Waals surface area contributed by atoms with Gasteiger partial charge >= 0.3 is 6.03 Å². The van der Waals surface area contributed by atoms with Gasteiger partial charge in [-0.2, -0.15) is 0 Å². The van der Waals surface area contributed by atoms with Crippen LogP contribution in [0.3, 0.4) is 0 Å². The quantitative estimate of drug-likeness (QED) is 0.179. The number of benzene rings is 2. The lowest BCUT2D eigenvalue weighted by Gasteiger charge is -2.18. The standard InChI is InChI=1S/C27H33N5O4S/c1-17(2)14-23(26-28-16-21(37-26)12-13-24(33)32-36)30-25(34)15-19-8-10-20(11-9-19)29-27(35)31-22-7-5-4-6-18(22)3/h4-11,16-17,23,36H,12-15H2,1-3H3,(H,30,34)(H,32,33)(H2,29,31,35). The molecule has 10 heteroatoms. The summed E-state index contributed by atoms with van der Waals surface area (Å²) < 4.78 is 0. The fourth-order valence-corrected chi connectivity index (χ4v) is 4.70. The third-order valence-electron chi connectivity index (χ3n) is 5.60. The monoisotopic (exact) mass is 523 g/mol. The van der Waals surface area contributed by atoms with Crippen LogP contribution in [-0.2, 0) is 22.4 Å². The molecule has 1 aromatic heterocycles. The van der Waals surface area contributed by atoms with Gasteiger partial charge in [-0.05, 0) is 55.0 Å². The molecule has 196 valence electrons. The number of nitrogens with zero attached hydrogens (tertiary/aromatic N) is 1. The molecule has 9 nitrogen and oxygen atoms in total. The van der Waals surface area contributed by atoms with Gasteiger partial charge in [-0.1, -0.05) is 44.2 Å². The molecule has 0 bridgehead atoms. The van der Waals surface area contributed by atoms with Crippen LogP contribution < -0.4 is 21.4 Å². The molecule has 3 aromatic rings. The average Bonchev–Trinajstić information content (AvgIpc) is 3.33. The molecule has 1 atom stereocenters. The number of nitrogens with one attached hydrogen (secondary N) is 4. The van der Waals surface area contributed by atoms with Crippen LogP contribution in [-0.4, -0.2) is 28.0 Å². The Balaban J connectivity index is 1.55. The van der Waals surface area contributed by atoms with Gasteiger partial charge in [0.15, 0.2) is 0 Å². The highest BCUT2D eigenvalue weighted by molar-refractivity contribution is 7.11. The van der Waals surface area contributed by atoms with Gasteiger partial charge in [0.1, 0.15) is 5.01 Å². The van der Waals surface area contributed by atoms with E-state index in [1.165, 1.54) is 11.3 Å². The van der Waals surface area contributed by atoms with Crippen LogP contribution in [0.15, 0.2) is 54.7 Å². The van der Waals surface area contributed by atoms with Crippen LogP contribution in [0, 0.1) is 12.8 Å². The fraction of sp³-hybridized carbons (Fsp3) is 0.333. The number of para-hydroxylation sites is 1. The van der Waals surface area contributed by atoms with Crippen molar-refractivity contribution in [3.8, 4) is 0 Å². The summed E-state index contributed by atoms with van der Waals surface area (Å²) in [5.74, 6) is -0.232. The van der Waals surface area contributed by atoms with Gasteiger partial charge in [0, 0.05) is 28.9 Å². The summed E-state index contributed by atoms with van der Waals surface area (Å²) >= 11 is 1.46. The summed E-state index contributed by atoms with van der Waals surface area (Å²) in [5, 5.41) is 18.2. The number of thiazole rings is 1. The fourth-order valence-electron chi connectivity index (χ4n) is 3.72. The van der Waals surface area contributed by atoms with Crippen LogP contribution in [0.2, 0.25) is 0 Å². The Morgan fingerprint density at radius 2 is 1.73 bits per heavy atom. The zero-order valence-electron chi connectivity index (χ0n) is 21.2. The van der Waals surface area contributed by atoms with E-state index in [1.807, 2.05) is 43.3 Å². The molecule has 0 aliphatic rings. The Morgan fingerprint density at radius 1 is 1.00 bits per heavy atom. The van der Waals surface area contributed by atoms with Crippen molar-refractivity contribution in [2.75, 3.05) is 10.6 Å². The minimum absolute atomic E-state index is 0.125. The number of carbonyl (C=O) groups excluding carboxylic acids is 3. The molecular weight excluding hydrogens is 490 g/mol. The number of anilines is 2. The van der Waals surface area contributed by atoms with E-state index in [-0.39, 0.29) is 30.8 Å². The molecule has 0 aliphatic carbocycles. The number of hydroxylamine groups is 1. The molecule has 0 saturated carbocycles. The van der Waals surface area contributed by atoms with Gasteiger partial charge in [-0.25, -0.2) is 15.3 Å². The minimum atomic E-state index is -0.449. The predicted molar refractivity (Wildman–Crippen MR) is 145 cm³/mol. The summed E-state index contributed by atoms with van der Waals surface area (Å²) in [6.45, 7) is 6.09. The number of hydrogen-bond donors (Lipinski definition) is 5. The van der Waals surface area contributed by atoms with Crippen LogP contribution in [0.5, 0.6) is 0 Å². The summed E-state index contributed by atoms with van der Waals surface area (Å²) in [6, 6.07) is 14.1. The van der Waals surface area contributed by atoms with Crippen molar-refractivity contribution in [1.29, 1.82) is 0 Å². The van der Waals surface area contributed by atoms with Gasteiger partial charge in [0.2, 0.25) is 11.8 Å². The maximum Gasteiger partial charge on any atom is 0.323 e. The first-order chi connectivity index (χ1) is 17.7. The Labute approximate surface area is 220 Å². The van der Waals surface area contributed by atoms with Gasteiger partial charge in [0.25, 0.3) is 0 Å². The highest BCUT2D eigenvalue weighted by Crippen LogP contribution is 2.26. The summed E-state index contributed by atoms with van der Waals surface area (Å²) in [5.41, 5.74) is 4.79. The second-order valence-corrected chi connectivity index (χ2v) is 10.4. The van der Waals surface area contributed by atoms with E-state index >= 15 is 0 Å². The molecule has 4 amide bonds. The zero-order valence-corrected chi connectivity index (χ0v) is 22.0. The van der Waals surface area contributed by atoms with Gasteiger partial charge in [-0.3, -0.25) is 14.8 Å². The van der Waals surface area contributed by atoms with E-state index < -0.39 is 5.91 Å². The first-order valence-corrected chi connectivity index (χ1v) is 12.9. The molecule has 1 unspecified atom stereocenters. The Hall–Kier alpha value is -3.76. The van der Waals surface area contributed by atoms with Crippen LogP contribution in [0.1, 0.15) is 53.7 Å². The summed E-state index contributed by atoms with van der Waals surface area (Å²) in [6.07, 6.45) is 3.27. The molecular formula is C27H33N5O4S. The van der Waals surface area contributed by atoms with E-state index in [2.05, 4.69) is 34.8 Å². The molecule has 1 heterocycles. The van der Waals surface area contributed by atoms with Crippen molar-refractivity contribution in [3.63, 3.8) is 0 Å². The van der Waals surface area contributed by atoms with E-state index in [0.717, 1.165) is 33.1 Å². The lowest BCUT2D eigenvalue weighted by Crippen LogP contribution is -2.30. The second-order valence-electron chi connectivity index (χ2n) is 9.22. The summed E-state index contributed by atoms with van der Waals surface area (Å²) in [4.78, 5) is 41.8. The molecule has 0 aliphatic heterocycles.